The molecule has 0 saturated heterocycles. The van der Waals surface area contributed by atoms with Crippen LogP contribution >= 0.6 is 50.5 Å². The predicted molar refractivity (Wildman–Crippen MR) is 64.1 cm³/mol. The summed E-state index contributed by atoms with van der Waals surface area (Å²) in [6, 6.07) is 3.98. The standard InChI is InChI=1S/C9H5BrCl2S/c10-6-4-13-8-2-5(3-11)1-7(12)9(6)8/h1-2,4H,3H2. The highest BCUT2D eigenvalue weighted by atomic mass is 79.9. The van der Waals surface area contributed by atoms with Crippen molar-refractivity contribution in [3.8, 4) is 0 Å². The molecule has 1 aromatic carbocycles. The summed E-state index contributed by atoms with van der Waals surface area (Å²) in [5.74, 6) is 0.505. The molecule has 0 unspecified atom stereocenters. The number of halogens is 3. The highest BCUT2D eigenvalue weighted by molar-refractivity contribution is 9.10. The fourth-order valence-electron chi connectivity index (χ4n) is 1.21. The molecule has 0 amide bonds. The maximum absolute atomic E-state index is 6.11. The number of alkyl halides is 1. The fourth-order valence-corrected chi connectivity index (χ4v) is 3.62. The van der Waals surface area contributed by atoms with Crippen molar-refractivity contribution in [1.82, 2.24) is 0 Å². The third kappa shape index (κ3) is 1.73. The lowest BCUT2D eigenvalue weighted by molar-refractivity contribution is 1.43. The highest BCUT2D eigenvalue weighted by Crippen LogP contribution is 2.36. The molecule has 0 nitrogen and oxygen atoms in total. The Hall–Kier alpha value is 0.240. The molecule has 0 saturated carbocycles. The molecule has 0 aliphatic rings. The summed E-state index contributed by atoms with van der Waals surface area (Å²) in [5.41, 5.74) is 1.06. The van der Waals surface area contributed by atoms with Gasteiger partial charge in [0, 0.05) is 25.8 Å². The molecule has 2 rings (SSSR count). The van der Waals surface area contributed by atoms with E-state index in [4.69, 9.17) is 23.2 Å². The first-order valence-electron chi connectivity index (χ1n) is 3.63. The van der Waals surface area contributed by atoms with E-state index in [1.165, 1.54) is 4.70 Å². The summed E-state index contributed by atoms with van der Waals surface area (Å²) in [6.07, 6.45) is 0. The second-order valence-electron chi connectivity index (χ2n) is 2.67. The van der Waals surface area contributed by atoms with Crippen LogP contribution in [0, 0.1) is 0 Å². The Labute approximate surface area is 98.6 Å². The van der Waals surface area contributed by atoms with Gasteiger partial charge in [0.05, 0.1) is 5.02 Å². The molecule has 68 valence electrons. The second-order valence-corrected chi connectivity index (χ2v) is 5.11. The molecule has 0 radical (unpaired) electrons. The van der Waals surface area contributed by atoms with Gasteiger partial charge in [0.25, 0.3) is 0 Å². The Bertz CT molecular complexity index is 450. The lowest BCUT2D eigenvalue weighted by atomic mass is 10.2. The largest absolute Gasteiger partial charge is 0.143 e. The molecule has 4 heteroatoms. The van der Waals surface area contributed by atoms with E-state index in [1.807, 2.05) is 11.4 Å². The van der Waals surface area contributed by atoms with Crippen LogP contribution in [-0.4, -0.2) is 0 Å². The number of hydrogen-bond acceptors (Lipinski definition) is 1. The number of rotatable bonds is 1. The lowest BCUT2D eigenvalue weighted by Crippen LogP contribution is -1.77. The SMILES string of the molecule is ClCc1cc(Cl)c2c(Br)csc2c1. The third-order valence-electron chi connectivity index (χ3n) is 1.80. The van der Waals surface area contributed by atoms with E-state index in [-0.39, 0.29) is 0 Å². The average Bonchev–Trinajstić information content (AvgIpc) is 2.48. The minimum absolute atomic E-state index is 0.505. The number of hydrogen-bond donors (Lipinski definition) is 0. The van der Waals surface area contributed by atoms with E-state index < -0.39 is 0 Å². The van der Waals surface area contributed by atoms with Crippen molar-refractivity contribution in [3.63, 3.8) is 0 Å². The van der Waals surface area contributed by atoms with Gasteiger partial charge in [-0.3, -0.25) is 0 Å². The van der Waals surface area contributed by atoms with Gasteiger partial charge in [0.2, 0.25) is 0 Å². The van der Waals surface area contributed by atoms with Crippen molar-refractivity contribution in [2.45, 2.75) is 5.88 Å². The van der Waals surface area contributed by atoms with Crippen LogP contribution in [0.4, 0.5) is 0 Å². The zero-order valence-electron chi connectivity index (χ0n) is 6.48. The van der Waals surface area contributed by atoms with Crippen LogP contribution in [0.1, 0.15) is 5.56 Å². The molecule has 0 aliphatic carbocycles. The Balaban J connectivity index is 2.79. The summed E-state index contributed by atoms with van der Waals surface area (Å²) in [7, 11) is 0. The van der Waals surface area contributed by atoms with E-state index in [2.05, 4.69) is 22.0 Å². The first kappa shape index (κ1) is 9.78. The number of fused-ring (bicyclic) bond motifs is 1. The Morgan fingerprint density at radius 1 is 1.38 bits per heavy atom. The van der Waals surface area contributed by atoms with Crippen LogP contribution in [0.25, 0.3) is 10.1 Å². The average molecular weight is 296 g/mol. The summed E-state index contributed by atoms with van der Waals surface area (Å²) in [6.45, 7) is 0. The first-order valence-corrected chi connectivity index (χ1v) is 6.22. The molecule has 0 N–H and O–H groups in total. The summed E-state index contributed by atoms with van der Waals surface area (Å²) >= 11 is 17.0. The minimum Gasteiger partial charge on any atom is -0.143 e. The normalized spacial score (nSPS) is 11.0. The van der Waals surface area contributed by atoms with E-state index in [0.29, 0.717) is 5.88 Å². The van der Waals surface area contributed by atoms with Gasteiger partial charge in [-0.25, -0.2) is 0 Å². The van der Waals surface area contributed by atoms with E-state index in [0.717, 1.165) is 20.4 Å². The van der Waals surface area contributed by atoms with E-state index in [1.54, 1.807) is 11.3 Å². The summed E-state index contributed by atoms with van der Waals surface area (Å²) < 4.78 is 2.23. The maximum Gasteiger partial charge on any atom is 0.0507 e. The van der Waals surface area contributed by atoms with Gasteiger partial charge in [-0.15, -0.1) is 22.9 Å². The fraction of sp³-hybridized carbons (Fsp3) is 0.111. The van der Waals surface area contributed by atoms with Crippen LogP contribution in [0.3, 0.4) is 0 Å². The van der Waals surface area contributed by atoms with Crippen LogP contribution in [0.2, 0.25) is 5.02 Å². The van der Waals surface area contributed by atoms with Crippen LogP contribution in [-0.2, 0) is 5.88 Å². The monoisotopic (exact) mass is 294 g/mol. The molecule has 0 fully saturated rings. The Morgan fingerprint density at radius 3 is 2.85 bits per heavy atom. The molecule has 0 aliphatic heterocycles. The van der Waals surface area contributed by atoms with Gasteiger partial charge in [0.15, 0.2) is 0 Å². The number of benzene rings is 1. The molecule has 1 aromatic heterocycles. The molecular formula is C9H5BrCl2S. The van der Waals surface area contributed by atoms with Crippen molar-refractivity contribution in [3.05, 3.63) is 32.6 Å². The molecule has 0 atom stereocenters. The van der Waals surface area contributed by atoms with E-state index in [9.17, 15) is 0 Å². The van der Waals surface area contributed by atoms with Gasteiger partial charge in [0.1, 0.15) is 0 Å². The maximum atomic E-state index is 6.11. The van der Waals surface area contributed by atoms with E-state index >= 15 is 0 Å². The van der Waals surface area contributed by atoms with Crippen molar-refractivity contribution in [1.29, 1.82) is 0 Å². The molecular weight excluding hydrogens is 291 g/mol. The molecule has 0 bridgehead atoms. The predicted octanol–water partition coefficient (Wildman–Crippen LogP) is 5.06. The lowest BCUT2D eigenvalue weighted by Gasteiger charge is -1.99. The smallest absolute Gasteiger partial charge is 0.0507 e. The van der Waals surface area contributed by atoms with Crippen molar-refractivity contribution < 1.29 is 0 Å². The van der Waals surface area contributed by atoms with Gasteiger partial charge in [-0.1, -0.05) is 11.6 Å². The molecule has 0 spiro atoms. The second kappa shape index (κ2) is 3.77. The zero-order valence-corrected chi connectivity index (χ0v) is 10.4. The van der Waals surface area contributed by atoms with Crippen molar-refractivity contribution >= 4 is 60.6 Å². The van der Waals surface area contributed by atoms with Gasteiger partial charge in [-0.2, -0.15) is 0 Å². The molecule has 13 heavy (non-hydrogen) atoms. The van der Waals surface area contributed by atoms with Crippen molar-refractivity contribution in [2.24, 2.45) is 0 Å². The minimum atomic E-state index is 0.505. The van der Waals surface area contributed by atoms with Gasteiger partial charge >= 0.3 is 0 Å². The number of thiophene rings is 1. The summed E-state index contributed by atoms with van der Waals surface area (Å²) in [4.78, 5) is 0. The summed E-state index contributed by atoms with van der Waals surface area (Å²) in [5, 5.41) is 3.89. The Kier molecular flexibility index (Phi) is 2.84. The van der Waals surface area contributed by atoms with Gasteiger partial charge in [-0.05, 0) is 33.6 Å². The molecule has 1 heterocycles. The van der Waals surface area contributed by atoms with Crippen LogP contribution in [0.15, 0.2) is 22.0 Å². The van der Waals surface area contributed by atoms with Crippen molar-refractivity contribution in [2.75, 3.05) is 0 Å². The highest BCUT2D eigenvalue weighted by Gasteiger charge is 2.07. The topological polar surface area (TPSA) is 0 Å². The first-order chi connectivity index (χ1) is 6.22. The zero-order chi connectivity index (χ0) is 9.42. The van der Waals surface area contributed by atoms with Gasteiger partial charge < -0.3 is 0 Å². The van der Waals surface area contributed by atoms with Crippen LogP contribution in [0.5, 0.6) is 0 Å². The third-order valence-corrected chi connectivity index (χ3v) is 4.26. The molecule has 2 aromatic rings. The van der Waals surface area contributed by atoms with Crippen LogP contribution < -0.4 is 0 Å². The Morgan fingerprint density at radius 2 is 2.15 bits per heavy atom. The quantitative estimate of drug-likeness (QED) is 0.645.